The molecule has 0 fully saturated rings. The van der Waals surface area contributed by atoms with Crippen LogP contribution in [0.25, 0.3) is 10.9 Å². The van der Waals surface area contributed by atoms with Crippen LogP contribution in [0.2, 0.25) is 0 Å². The average molecular weight is 232 g/mol. The zero-order valence-electron chi connectivity index (χ0n) is 9.59. The van der Waals surface area contributed by atoms with Crippen molar-refractivity contribution >= 4 is 16.6 Å². The van der Waals surface area contributed by atoms with Gasteiger partial charge < -0.3 is 10.1 Å². The standard InChI is InChI=1S/C13H13FN2O/c1-15-13-9-6-8(14)2-3-11(9)16-12-4-5-17-7-10(12)13/h2-3,6H,4-5,7H2,1H3,(H,15,16). The van der Waals surface area contributed by atoms with E-state index in [9.17, 15) is 4.39 Å². The van der Waals surface area contributed by atoms with Crippen molar-refractivity contribution in [3.8, 4) is 0 Å². The van der Waals surface area contributed by atoms with E-state index in [1.165, 1.54) is 12.1 Å². The molecule has 0 aliphatic carbocycles. The summed E-state index contributed by atoms with van der Waals surface area (Å²) in [5, 5.41) is 3.96. The minimum Gasteiger partial charge on any atom is -0.387 e. The summed E-state index contributed by atoms with van der Waals surface area (Å²) in [5.41, 5.74) is 3.87. The number of pyridine rings is 1. The van der Waals surface area contributed by atoms with Gasteiger partial charge in [0.15, 0.2) is 0 Å². The molecule has 1 aliphatic heterocycles. The number of nitrogens with zero attached hydrogens (tertiary/aromatic N) is 1. The SMILES string of the molecule is CNc1c2c(nc3ccc(F)cc13)CCOC2. The predicted molar refractivity (Wildman–Crippen MR) is 64.6 cm³/mol. The van der Waals surface area contributed by atoms with Crippen LogP contribution in [0.15, 0.2) is 18.2 Å². The average Bonchev–Trinajstić information content (AvgIpc) is 2.36. The first-order valence-corrected chi connectivity index (χ1v) is 5.66. The van der Waals surface area contributed by atoms with E-state index in [0.717, 1.165) is 34.3 Å². The Labute approximate surface area is 98.6 Å². The van der Waals surface area contributed by atoms with Crippen molar-refractivity contribution in [3.63, 3.8) is 0 Å². The first kappa shape index (κ1) is 10.5. The molecule has 2 aromatic rings. The lowest BCUT2D eigenvalue weighted by Gasteiger charge is -2.20. The fourth-order valence-corrected chi connectivity index (χ4v) is 2.32. The Kier molecular flexibility index (Phi) is 2.44. The van der Waals surface area contributed by atoms with Gasteiger partial charge in [-0.25, -0.2) is 4.39 Å². The summed E-state index contributed by atoms with van der Waals surface area (Å²) < 4.78 is 18.7. The molecule has 4 heteroatoms. The zero-order valence-corrected chi connectivity index (χ0v) is 9.59. The number of halogens is 1. The Morgan fingerprint density at radius 3 is 3.12 bits per heavy atom. The summed E-state index contributed by atoms with van der Waals surface area (Å²) in [4.78, 5) is 4.58. The minimum atomic E-state index is -0.243. The van der Waals surface area contributed by atoms with Gasteiger partial charge in [0.25, 0.3) is 0 Å². The number of ether oxygens (including phenoxy) is 1. The molecule has 1 aromatic carbocycles. The molecule has 0 unspecified atom stereocenters. The van der Waals surface area contributed by atoms with Crippen LogP contribution in [0.4, 0.5) is 10.1 Å². The molecule has 88 valence electrons. The lowest BCUT2D eigenvalue weighted by molar-refractivity contribution is 0.110. The Bertz CT molecular complexity index is 583. The lowest BCUT2D eigenvalue weighted by atomic mass is 10.0. The third kappa shape index (κ3) is 1.65. The number of fused-ring (bicyclic) bond motifs is 2. The monoisotopic (exact) mass is 232 g/mol. The molecule has 1 N–H and O–H groups in total. The second kappa shape index (κ2) is 3.96. The maximum absolute atomic E-state index is 13.3. The highest BCUT2D eigenvalue weighted by molar-refractivity contribution is 5.93. The fourth-order valence-electron chi connectivity index (χ4n) is 2.32. The van der Waals surface area contributed by atoms with E-state index in [0.29, 0.717) is 13.2 Å². The quantitative estimate of drug-likeness (QED) is 0.820. The van der Waals surface area contributed by atoms with Crippen molar-refractivity contribution in [3.05, 3.63) is 35.3 Å². The van der Waals surface area contributed by atoms with Gasteiger partial charge in [-0.2, -0.15) is 0 Å². The van der Waals surface area contributed by atoms with Gasteiger partial charge >= 0.3 is 0 Å². The maximum atomic E-state index is 13.3. The number of benzene rings is 1. The molecule has 0 radical (unpaired) electrons. The van der Waals surface area contributed by atoms with E-state index < -0.39 is 0 Å². The van der Waals surface area contributed by atoms with Crippen LogP contribution in [0.5, 0.6) is 0 Å². The first-order valence-electron chi connectivity index (χ1n) is 5.66. The molecule has 17 heavy (non-hydrogen) atoms. The van der Waals surface area contributed by atoms with Gasteiger partial charge in [0, 0.05) is 24.4 Å². The van der Waals surface area contributed by atoms with Gasteiger partial charge in [0.1, 0.15) is 5.82 Å². The molecule has 0 bridgehead atoms. The van der Waals surface area contributed by atoms with Crippen LogP contribution in [-0.2, 0) is 17.8 Å². The largest absolute Gasteiger partial charge is 0.387 e. The Balaban J connectivity index is 2.35. The smallest absolute Gasteiger partial charge is 0.124 e. The summed E-state index contributed by atoms with van der Waals surface area (Å²) in [6.45, 7) is 1.25. The van der Waals surface area contributed by atoms with Crippen LogP contribution in [0.3, 0.4) is 0 Å². The van der Waals surface area contributed by atoms with E-state index in [4.69, 9.17) is 4.74 Å². The molecule has 3 rings (SSSR count). The van der Waals surface area contributed by atoms with Crippen LogP contribution < -0.4 is 5.32 Å². The van der Waals surface area contributed by atoms with Gasteiger partial charge in [0.05, 0.1) is 30.1 Å². The van der Waals surface area contributed by atoms with Gasteiger partial charge in [-0.3, -0.25) is 4.98 Å². The van der Waals surface area contributed by atoms with Crippen LogP contribution >= 0.6 is 0 Å². The van der Waals surface area contributed by atoms with Crippen molar-refractivity contribution in [1.29, 1.82) is 0 Å². The van der Waals surface area contributed by atoms with E-state index in [-0.39, 0.29) is 5.82 Å². The van der Waals surface area contributed by atoms with E-state index in [2.05, 4.69) is 10.3 Å². The lowest BCUT2D eigenvalue weighted by Crippen LogP contribution is -2.14. The number of anilines is 1. The summed E-state index contributed by atoms with van der Waals surface area (Å²) in [6, 6.07) is 4.69. The third-order valence-electron chi connectivity index (χ3n) is 3.11. The predicted octanol–water partition coefficient (Wildman–Crippen LogP) is 2.49. The van der Waals surface area contributed by atoms with E-state index >= 15 is 0 Å². The van der Waals surface area contributed by atoms with Crippen LogP contribution in [-0.4, -0.2) is 18.6 Å². The molecule has 3 nitrogen and oxygen atoms in total. The number of nitrogens with one attached hydrogen (secondary N) is 1. The van der Waals surface area contributed by atoms with E-state index in [1.54, 1.807) is 6.07 Å². The third-order valence-corrected chi connectivity index (χ3v) is 3.11. The van der Waals surface area contributed by atoms with Crippen molar-refractivity contribution in [2.75, 3.05) is 19.0 Å². The summed E-state index contributed by atoms with van der Waals surface area (Å²) in [5.74, 6) is -0.243. The van der Waals surface area contributed by atoms with Gasteiger partial charge in [-0.05, 0) is 18.2 Å². The molecular weight excluding hydrogens is 219 g/mol. The molecule has 1 aromatic heterocycles. The Morgan fingerprint density at radius 2 is 2.29 bits per heavy atom. The fraction of sp³-hybridized carbons (Fsp3) is 0.308. The number of rotatable bonds is 1. The van der Waals surface area contributed by atoms with Crippen molar-refractivity contribution in [1.82, 2.24) is 4.98 Å². The maximum Gasteiger partial charge on any atom is 0.124 e. The van der Waals surface area contributed by atoms with Crippen LogP contribution in [0.1, 0.15) is 11.3 Å². The first-order chi connectivity index (χ1) is 8.29. The molecule has 0 saturated carbocycles. The summed E-state index contributed by atoms with van der Waals surface area (Å²) in [6.07, 6.45) is 0.817. The topological polar surface area (TPSA) is 34.2 Å². The second-order valence-electron chi connectivity index (χ2n) is 4.13. The Morgan fingerprint density at radius 1 is 1.41 bits per heavy atom. The normalized spacial score (nSPS) is 14.7. The van der Waals surface area contributed by atoms with Gasteiger partial charge in [-0.15, -0.1) is 0 Å². The van der Waals surface area contributed by atoms with Crippen molar-refractivity contribution in [2.45, 2.75) is 13.0 Å². The second-order valence-corrected chi connectivity index (χ2v) is 4.13. The molecular formula is C13H13FN2O. The highest BCUT2D eigenvalue weighted by Crippen LogP contribution is 2.31. The van der Waals surface area contributed by atoms with Crippen molar-refractivity contribution in [2.24, 2.45) is 0 Å². The molecule has 2 heterocycles. The van der Waals surface area contributed by atoms with Gasteiger partial charge in [0.2, 0.25) is 0 Å². The van der Waals surface area contributed by atoms with Gasteiger partial charge in [-0.1, -0.05) is 0 Å². The molecule has 1 aliphatic rings. The number of aromatic nitrogens is 1. The molecule has 0 amide bonds. The summed E-state index contributed by atoms with van der Waals surface area (Å²) >= 11 is 0. The highest BCUT2D eigenvalue weighted by Gasteiger charge is 2.17. The molecule has 0 saturated heterocycles. The van der Waals surface area contributed by atoms with E-state index in [1.807, 2.05) is 7.05 Å². The van der Waals surface area contributed by atoms with Crippen LogP contribution in [0, 0.1) is 5.82 Å². The number of hydrogen-bond acceptors (Lipinski definition) is 3. The summed E-state index contributed by atoms with van der Waals surface area (Å²) in [7, 11) is 1.84. The van der Waals surface area contributed by atoms with Crippen molar-refractivity contribution < 1.29 is 9.13 Å². The Hall–Kier alpha value is -1.68. The molecule has 0 atom stereocenters. The number of hydrogen-bond donors (Lipinski definition) is 1. The zero-order chi connectivity index (χ0) is 11.8. The highest BCUT2D eigenvalue weighted by atomic mass is 19.1. The molecule has 0 spiro atoms. The minimum absolute atomic E-state index is 0.243.